The summed E-state index contributed by atoms with van der Waals surface area (Å²) in [5.41, 5.74) is 1.39. The Balaban J connectivity index is 2.17. The lowest BCUT2D eigenvalue weighted by atomic mass is 10.2. The first kappa shape index (κ1) is 11.7. The number of H-pyrrole nitrogens is 3. The maximum absolute atomic E-state index is 11.7. The van der Waals surface area contributed by atoms with Crippen LogP contribution in [0.15, 0.2) is 29.1 Å². The van der Waals surface area contributed by atoms with Crippen molar-refractivity contribution >= 4 is 23.4 Å². The van der Waals surface area contributed by atoms with Crippen LogP contribution in [0, 0.1) is 4.77 Å². The number of hydrogen-bond donors (Lipinski definition) is 3. The highest BCUT2D eigenvalue weighted by atomic mass is 32.1. The van der Waals surface area contributed by atoms with E-state index in [1.807, 2.05) is 24.3 Å². The summed E-state index contributed by atoms with van der Waals surface area (Å²) in [6, 6.07) is 7.38. The molecule has 0 radical (unpaired) electrons. The fourth-order valence-corrected chi connectivity index (χ4v) is 2.01. The molecule has 19 heavy (non-hydrogen) atoms. The number of nitrogens with zero attached hydrogens (tertiary/aromatic N) is 1. The molecule has 3 N–H and O–H groups in total. The van der Waals surface area contributed by atoms with Gasteiger partial charge in [-0.05, 0) is 36.5 Å². The van der Waals surface area contributed by atoms with Crippen molar-refractivity contribution in [3.8, 4) is 17.1 Å². The first-order chi connectivity index (χ1) is 9.17. The maximum atomic E-state index is 11.7. The van der Waals surface area contributed by atoms with E-state index in [-0.39, 0.29) is 10.3 Å². The Kier molecular flexibility index (Phi) is 2.68. The summed E-state index contributed by atoms with van der Waals surface area (Å²) in [5, 5.41) is 0. The van der Waals surface area contributed by atoms with Gasteiger partial charge in [0.05, 0.1) is 7.11 Å². The number of imidazole rings is 1. The first-order valence-corrected chi connectivity index (χ1v) is 5.95. The smallest absolute Gasteiger partial charge is 0.277 e. The minimum Gasteiger partial charge on any atom is -0.497 e. The van der Waals surface area contributed by atoms with Crippen molar-refractivity contribution in [3.63, 3.8) is 0 Å². The highest BCUT2D eigenvalue weighted by Crippen LogP contribution is 2.20. The number of ether oxygens (including phenoxy) is 1. The predicted molar refractivity (Wildman–Crippen MR) is 73.9 cm³/mol. The largest absolute Gasteiger partial charge is 0.497 e. The fraction of sp³-hybridized carbons (Fsp3) is 0.0833. The van der Waals surface area contributed by atoms with E-state index in [0.717, 1.165) is 11.3 Å². The standard InChI is InChI=1S/C12H10N4O2S/c1-18-7-4-2-6(3-5-7)9-13-8-10(14-9)15-12(19)16-11(8)17/h2-5H,1H3,(H3,13,14,15,16,17,19). The van der Waals surface area contributed by atoms with E-state index in [4.69, 9.17) is 17.0 Å². The third-order valence-electron chi connectivity index (χ3n) is 2.75. The zero-order valence-corrected chi connectivity index (χ0v) is 10.8. The van der Waals surface area contributed by atoms with Crippen LogP contribution in [-0.4, -0.2) is 27.0 Å². The molecule has 0 saturated heterocycles. The minimum absolute atomic E-state index is 0.255. The highest BCUT2D eigenvalue weighted by Gasteiger charge is 2.08. The summed E-state index contributed by atoms with van der Waals surface area (Å²) < 4.78 is 5.35. The number of aromatic amines is 3. The van der Waals surface area contributed by atoms with Gasteiger partial charge in [0.2, 0.25) is 0 Å². The van der Waals surface area contributed by atoms with Gasteiger partial charge in [0.15, 0.2) is 10.4 Å². The molecule has 0 aliphatic rings. The first-order valence-electron chi connectivity index (χ1n) is 5.54. The third-order valence-corrected chi connectivity index (χ3v) is 2.96. The van der Waals surface area contributed by atoms with E-state index in [9.17, 15) is 4.79 Å². The summed E-state index contributed by atoms with van der Waals surface area (Å²) in [7, 11) is 1.61. The third kappa shape index (κ3) is 2.04. The number of fused-ring (bicyclic) bond motifs is 1. The number of aromatic nitrogens is 4. The molecule has 0 bridgehead atoms. The van der Waals surface area contributed by atoms with Crippen LogP contribution in [0.3, 0.4) is 0 Å². The monoisotopic (exact) mass is 274 g/mol. The van der Waals surface area contributed by atoms with E-state index in [1.54, 1.807) is 7.11 Å². The molecule has 0 saturated carbocycles. The SMILES string of the molecule is COc1ccc(-c2nc3[nH]c(=S)[nH]c(=O)c3[nH]2)cc1. The van der Waals surface area contributed by atoms with E-state index in [0.29, 0.717) is 17.0 Å². The van der Waals surface area contributed by atoms with Gasteiger partial charge in [0, 0.05) is 5.56 Å². The van der Waals surface area contributed by atoms with Crippen LogP contribution in [0.4, 0.5) is 0 Å². The second kappa shape index (κ2) is 4.36. The maximum Gasteiger partial charge on any atom is 0.277 e. The van der Waals surface area contributed by atoms with Gasteiger partial charge in [0.1, 0.15) is 17.1 Å². The van der Waals surface area contributed by atoms with Crippen LogP contribution in [0.1, 0.15) is 0 Å². The molecule has 0 aliphatic carbocycles. The summed E-state index contributed by atoms with van der Waals surface area (Å²) in [6.07, 6.45) is 0. The van der Waals surface area contributed by atoms with Crippen molar-refractivity contribution in [1.29, 1.82) is 0 Å². The minimum atomic E-state index is -0.286. The van der Waals surface area contributed by atoms with Crippen LogP contribution < -0.4 is 10.3 Å². The molecule has 3 aromatic rings. The Hall–Kier alpha value is -2.41. The Morgan fingerprint density at radius 3 is 2.58 bits per heavy atom. The molecule has 0 amide bonds. The van der Waals surface area contributed by atoms with E-state index < -0.39 is 0 Å². The molecule has 96 valence electrons. The van der Waals surface area contributed by atoms with Gasteiger partial charge in [-0.2, -0.15) is 0 Å². The van der Waals surface area contributed by atoms with Crippen LogP contribution in [0.2, 0.25) is 0 Å². The normalized spacial score (nSPS) is 10.8. The highest BCUT2D eigenvalue weighted by molar-refractivity contribution is 7.71. The number of methoxy groups -OCH3 is 1. The average molecular weight is 274 g/mol. The molecule has 0 aliphatic heterocycles. The Bertz CT molecular complexity index is 845. The summed E-state index contributed by atoms with van der Waals surface area (Å²) in [6.45, 7) is 0. The Labute approximate surface area is 112 Å². The molecular formula is C12H10N4O2S. The van der Waals surface area contributed by atoms with E-state index in [1.165, 1.54) is 0 Å². The quantitative estimate of drug-likeness (QED) is 0.624. The second-order valence-corrected chi connectivity index (χ2v) is 4.35. The van der Waals surface area contributed by atoms with Crippen molar-refractivity contribution in [1.82, 2.24) is 19.9 Å². The topological polar surface area (TPSA) is 86.6 Å². The number of nitrogens with one attached hydrogen (secondary N) is 3. The van der Waals surface area contributed by atoms with E-state index >= 15 is 0 Å². The van der Waals surface area contributed by atoms with Crippen LogP contribution in [0.25, 0.3) is 22.6 Å². The summed E-state index contributed by atoms with van der Waals surface area (Å²) in [5.74, 6) is 1.36. The molecule has 2 heterocycles. The van der Waals surface area contributed by atoms with Crippen molar-refractivity contribution in [2.24, 2.45) is 0 Å². The molecule has 3 rings (SSSR count). The summed E-state index contributed by atoms with van der Waals surface area (Å²) >= 11 is 4.90. The lowest BCUT2D eigenvalue weighted by Gasteiger charge is -2.00. The molecule has 0 unspecified atom stereocenters. The van der Waals surface area contributed by atoms with Crippen molar-refractivity contribution in [2.75, 3.05) is 7.11 Å². The van der Waals surface area contributed by atoms with Crippen molar-refractivity contribution in [2.45, 2.75) is 0 Å². The predicted octanol–water partition coefficient (Wildman–Crippen LogP) is 1.98. The average Bonchev–Trinajstić information content (AvgIpc) is 2.83. The molecule has 0 spiro atoms. The van der Waals surface area contributed by atoms with Gasteiger partial charge in [-0.3, -0.25) is 9.78 Å². The van der Waals surface area contributed by atoms with Crippen LogP contribution in [-0.2, 0) is 0 Å². The van der Waals surface area contributed by atoms with Crippen molar-refractivity contribution < 1.29 is 4.74 Å². The van der Waals surface area contributed by atoms with Gasteiger partial charge < -0.3 is 14.7 Å². The lowest BCUT2D eigenvalue weighted by molar-refractivity contribution is 0.415. The zero-order chi connectivity index (χ0) is 13.4. The molecule has 1 aromatic carbocycles. The lowest BCUT2D eigenvalue weighted by Crippen LogP contribution is -2.07. The fourth-order valence-electron chi connectivity index (χ4n) is 1.82. The van der Waals surface area contributed by atoms with Gasteiger partial charge in [-0.15, -0.1) is 0 Å². The van der Waals surface area contributed by atoms with Gasteiger partial charge in [-0.25, -0.2) is 4.98 Å². The molecule has 0 atom stereocenters. The number of hydrogen-bond acceptors (Lipinski definition) is 4. The Morgan fingerprint density at radius 2 is 1.89 bits per heavy atom. The summed E-state index contributed by atoms with van der Waals surface area (Å²) in [4.78, 5) is 24.3. The molecule has 7 heteroatoms. The number of benzene rings is 1. The molecule has 6 nitrogen and oxygen atoms in total. The molecule has 0 fully saturated rings. The van der Waals surface area contributed by atoms with E-state index in [2.05, 4.69) is 19.9 Å². The van der Waals surface area contributed by atoms with Crippen LogP contribution in [0.5, 0.6) is 5.75 Å². The zero-order valence-electron chi connectivity index (χ0n) is 9.98. The second-order valence-electron chi connectivity index (χ2n) is 3.95. The van der Waals surface area contributed by atoms with Gasteiger partial charge in [-0.1, -0.05) is 0 Å². The number of rotatable bonds is 2. The molecule has 2 aromatic heterocycles. The van der Waals surface area contributed by atoms with Crippen LogP contribution >= 0.6 is 12.2 Å². The van der Waals surface area contributed by atoms with Crippen molar-refractivity contribution in [3.05, 3.63) is 39.4 Å². The Morgan fingerprint density at radius 1 is 1.16 bits per heavy atom. The van der Waals surface area contributed by atoms with Gasteiger partial charge >= 0.3 is 0 Å². The molecular weight excluding hydrogens is 264 g/mol. The van der Waals surface area contributed by atoms with Gasteiger partial charge in [0.25, 0.3) is 5.56 Å².